The zero-order valence-corrected chi connectivity index (χ0v) is 13.9. The van der Waals surface area contributed by atoms with Crippen LogP contribution in [-0.4, -0.2) is 39.9 Å². The maximum Gasteiger partial charge on any atom is 0.238 e. The number of aryl methyl sites for hydroxylation is 1. The number of hydrogen-bond donors (Lipinski definition) is 1. The van der Waals surface area contributed by atoms with Gasteiger partial charge in [0.05, 0.1) is 12.1 Å². The van der Waals surface area contributed by atoms with E-state index in [0.29, 0.717) is 11.8 Å². The van der Waals surface area contributed by atoms with Crippen LogP contribution in [0.2, 0.25) is 0 Å². The zero-order chi connectivity index (χ0) is 15.8. The first-order valence-electron chi connectivity index (χ1n) is 9.06. The second-order valence-electron chi connectivity index (χ2n) is 7.41. The van der Waals surface area contributed by atoms with Gasteiger partial charge in [0.25, 0.3) is 0 Å². The Morgan fingerprint density at radius 1 is 1.22 bits per heavy atom. The number of amides is 1. The van der Waals surface area contributed by atoms with Gasteiger partial charge >= 0.3 is 0 Å². The molecule has 1 amide bonds. The molecule has 0 aromatic carbocycles. The summed E-state index contributed by atoms with van der Waals surface area (Å²) in [7, 11) is 0. The Labute approximate surface area is 137 Å². The number of nitrogens with zero attached hydrogens (tertiary/aromatic N) is 3. The van der Waals surface area contributed by atoms with E-state index in [2.05, 4.69) is 20.2 Å². The van der Waals surface area contributed by atoms with Crippen LogP contribution in [0.25, 0.3) is 0 Å². The van der Waals surface area contributed by atoms with Crippen LogP contribution in [-0.2, 0) is 4.79 Å². The smallest absolute Gasteiger partial charge is 0.238 e. The second kappa shape index (κ2) is 6.19. The lowest BCUT2D eigenvalue weighted by Crippen LogP contribution is -2.48. The molecule has 0 unspecified atom stereocenters. The SMILES string of the molecule is Cc1ccnc([C@H](NC(=O)[C@H](C2CC2)N2CCCC2)C2CC2)n1. The molecule has 1 saturated heterocycles. The summed E-state index contributed by atoms with van der Waals surface area (Å²) >= 11 is 0. The first-order valence-corrected chi connectivity index (χ1v) is 9.06. The third-order valence-electron chi connectivity index (χ3n) is 5.35. The number of rotatable bonds is 6. The van der Waals surface area contributed by atoms with Crippen LogP contribution in [0.3, 0.4) is 0 Å². The highest BCUT2D eigenvalue weighted by Gasteiger charge is 2.43. The van der Waals surface area contributed by atoms with Crippen LogP contribution in [0.5, 0.6) is 0 Å². The summed E-state index contributed by atoms with van der Waals surface area (Å²) in [5.74, 6) is 2.07. The molecule has 2 atom stereocenters. The van der Waals surface area contributed by atoms with Crippen LogP contribution in [0.4, 0.5) is 0 Å². The number of likely N-dealkylation sites (tertiary alicyclic amines) is 1. The number of aromatic nitrogens is 2. The van der Waals surface area contributed by atoms with Crippen molar-refractivity contribution in [3.8, 4) is 0 Å². The normalized spacial score (nSPS) is 24.4. The lowest BCUT2D eigenvalue weighted by Gasteiger charge is -2.28. The van der Waals surface area contributed by atoms with Gasteiger partial charge in [-0.15, -0.1) is 0 Å². The molecule has 1 aromatic heterocycles. The molecule has 0 spiro atoms. The van der Waals surface area contributed by atoms with Gasteiger partial charge in [0.1, 0.15) is 0 Å². The van der Waals surface area contributed by atoms with Gasteiger partial charge in [0, 0.05) is 11.9 Å². The summed E-state index contributed by atoms with van der Waals surface area (Å²) in [4.78, 5) is 24.4. The highest BCUT2D eigenvalue weighted by atomic mass is 16.2. The van der Waals surface area contributed by atoms with E-state index in [4.69, 9.17) is 0 Å². The van der Waals surface area contributed by atoms with E-state index < -0.39 is 0 Å². The van der Waals surface area contributed by atoms with Crippen LogP contribution < -0.4 is 5.32 Å². The molecule has 0 bridgehead atoms. The summed E-state index contributed by atoms with van der Waals surface area (Å²) in [5.41, 5.74) is 0.966. The molecule has 2 saturated carbocycles. The van der Waals surface area contributed by atoms with Crippen molar-refractivity contribution in [2.75, 3.05) is 13.1 Å². The van der Waals surface area contributed by atoms with E-state index in [9.17, 15) is 4.79 Å². The number of hydrogen-bond acceptors (Lipinski definition) is 4. The van der Waals surface area contributed by atoms with E-state index in [0.717, 1.165) is 24.6 Å². The standard InChI is InChI=1S/C18H26N4O/c1-12-8-9-19-17(20-12)15(13-4-5-13)21-18(23)16(14-6-7-14)22-10-2-3-11-22/h8-9,13-16H,2-7,10-11H2,1H3,(H,21,23)/t15-,16+/m1/s1. The second-order valence-corrected chi connectivity index (χ2v) is 7.41. The maximum atomic E-state index is 13.0. The molecule has 5 nitrogen and oxygen atoms in total. The molecular formula is C18H26N4O. The first kappa shape index (κ1) is 15.1. The topological polar surface area (TPSA) is 58.1 Å². The zero-order valence-electron chi connectivity index (χ0n) is 13.9. The number of carbonyl (C=O) groups is 1. The van der Waals surface area contributed by atoms with Crippen LogP contribution in [0.1, 0.15) is 56.1 Å². The van der Waals surface area contributed by atoms with Crippen LogP contribution in [0.15, 0.2) is 12.3 Å². The lowest BCUT2D eigenvalue weighted by atomic mass is 10.1. The Bertz CT molecular complexity index is 576. The minimum absolute atomic E-state index is 0.00810. The molecule has 4 rings (SSSR count). The summed E-state index contributed by atoms with van der Waals surface area (Å²) in [6.45, 7) is 4.13. The third kappa shape index (κ3) is 3.39. The largest absolute Gasteiger partial charge is 0.344 e. The quantitative estimate of drug-likeness (QED) is 0.875. The Hall–Kier alpha value is -1.49. The van der Waals surface area contributed by atoms with Gasteiger partial charge in [0.2, 0.25) is 5.91 Å². The van der Waals surface area contributed by atoms with Gasteiger partial charge in [-0.05, 0) is 76.4 Å². The van der Waals surface area contributed by atoms with Crippen molar-refractivity contribution in [1.82, 2.24) is 20.2 Å². The summed E-state index contributed by atoms with van der Waals surface area (Å²) in [5, 5.41) is 3.32. The van der Waals surface area contributed by atoms with Crippen LogP contribution in [0, 0.1) is 18.8 Å². The molecule has 0 radical (unpaired) electrons. The fourth-order valence-electron chi connectivity index (χ4n) is 3.79. The first-order chi connectivity index (χ1) is 11.2. The van der Waals surface area contributed by atoms with Gasteiger partial charge < -0.3 is 5.32 Å². The van der Waals surface area contributed by atoms with E-state index in [1.165, 1.54) is 38.5 Å². The summed E-state index contributed by atoms with van der Waals surface area (Å²) in [6, 6.07) is 1.97. The Morgan fingerprint density at radius 3 is 2.52 bits per heavy atom. The van der Waals surface area contributed by atoms with E-state index in [-0.39, 0.29) is 18.0 Å². The Morgan fingerprint density at radius 2 is 1.91 bits per heavy atom. The molecule has 2 heterocycles. The van der Waals surface area contributed by atoms with Crippen molar-refractivity contribution < 1.29 is 4.79 Å². The fourth-order valence-corrected chi connectivity index (χ4v) is 3.79. The highest BCUT2D eigenvalue weighted by Crippen LogP contribution is 2.41. The number of carbonyl (C=O) groups excluding carboxylic acids is 1. The van der Waals surface area contributed by atoms with Crippen molar-refractivity contribution in [3.63, 3.8) is 0 Å². The van der Waals surface area contributed by atoms with E-state index >= 15 is 0 Å². The average molecular weight is 314 g/mol. The van der Waals surface area contributed by atoms with Gasteiger partial charge in [-0.2, -0.15) is 0 Å². The monoisotopic (exact) mass is 314 g/mol. The predicted molar refractivity (Wildman–Crippen MR) is 87.7 cm³/mol. The lowest BCUT2D eigenvalue weighted by molar-refractivity contribution is -0.127. The third-order valence-corrected chi connectivity index (χ3v) is 5.35. The Balaban J connectivity index is 1.50. The molecule has 2 aliphatic carbocycles. The minimum atomic E-state index is -0.00810. The van der Waals surface area contributed by atoms with Crippen molar-refractivity contribution in [1.29, 1.82) is 0 Å². The summed E-state index contributed by atoms with van der Waals surface area (Å²) in [6.07, 6.45) is 8.98. The van der Waals surface area contributed by atoms with Crippen molar-refractivity contribution >= 4 is 5.91 Å². The average Bonchev–Trinajstić information content (AvgIpc) is 3.45. The Kier molecular flexibility index (Phi) is 4.05. The maximum absolute atomic E-state index is 13.0. The fraction of sp³-hybridized carbons (Fsp3) is 0.722. The predicted octanol–water partition coefficient (Wildman–Crippen LogP) is 2.23. The molecule has 124 valence electrons. The van der Waals surface area contributed by atoms with Crippen molar-refractivity contribution in [2.24, 2.45) is 11.8 Å². The van der Waals surface area contributed by atoms with Gasteiger partial charge in [0.15, 0.2) is 5.82 Å². The van der Waals surface area contributed by atoms with Gasteiger partial charge in [-0.1, -0.05) is 0 Å². The van der Waals surface area contributed by atoms with Crippen LogP contribution >= 0.6 is 0 Å². The van der Waals surface area contributed by atoms with E-state index in [1.54, 1.807) is 6.20 Å². The van der Waals surface area contributed by atoms with E-state index in [1.807, 2.05) is 13.0 Å². The molecule has 3 fully saturated rings. The molecule has 3 aliphatic rings. The van der Waals surface area contributed by atoms with Crippen molar-refractivity contribution in [2.45, 2.75) is 57.5 Å². The molecule has 23 heavy (non-hydrogen) atoms. The van der Waals surface area contributed by atoms with Crippen molar-refractivity contribution in [3.05, 3.63) is 23.8 Å². The molecule has 1 aliphatic heterocycles. The highest BCUT2D eigenvalue weighted by molar-refractivity contribution is 5.83. The number of nitrogens with one attached hydrogen (secondary N) is 1. The molecular weight excluding hydrogens is 288 g/mol. The summed E-state index contributed by atoms with van der Waals surface area (Å²) < 4.78 is 0. The van der Waals surface area contributed by atoms with Gasteiger partial charge in [-0.3, -0.25) is 9.69 Å². The minimum Gasteiger partial charge on any atom is -0.344 e. The molecule has 5 heteroatoms. The molecule has 1 aromatic rings. The molecule has 1 N–H and O–H groups in total. The van der Waals surface area contributed by atoms with Gasteiger partial charge in [-0.25, -0.2) is 9.97 Å².